The summed E-state index contributed by atoms with van der Waals surface area (Å²) in [6, 6.07) is 5.38. The number of phenolic OH excluding ortho intramolecular Hbond substituents is 1. The van der Waals surface area contributed by atoms with Gasteiger partial charge in [0.25, 0.3) is 0 Å². The summed E-state index contributed by atoms with van der Waals surface area (Å²) in [5.41, 5.74) is 1.44. The van der Waals surface area contributed by atoms with Gasteiger partial charge < -0.3 is 44.7 Å². The second-order valence-electron chi connectivity index (χ2n) is 12.5. The highest BCUT2D eigenvalue weighted by Crippen LogP contribution is 2.66. The van der Waals surface area contributed by atoms with Gasteiger partial charge in [0.15, 0.2) is 11.5 Å². The molecule has 1 aromatic carbocycles. The van der Waals surface area contributed by atoms with Crippen LogP contribution in [0.3, 0.4) is 0 Å². The number of carbonyl (C=O) groups is 5. The number of aliphatic hydroxyl groups is 1. The molecule has 7 rings (SSSR count). The number of carboxylic acid groups (broad SMARTS) is 4. The van der Waals surface area contributed by atoms with Crippen LogP contribution in [-0.2, 0) is 35.8 Å². The zero-order valence-electron chi connectivity index (χ0n) is 25.4. The highest BCUT2D eigenvalue weighted by atomic mass is 16.5. The standard InChI is InChI=1S/C28H32N2O5.2C2H2O4/c1-29(23(32)7-4-18-9-13-34-16-18)20-8-10-28(33)22-14-19-5-6-21(31)25-24(19)27(28,26(20)35-25)11-12-30(22)15-17-2-3-17;2*3-1(4)2(5)6/h4-7,9,13,16-17,20,22,26,31,33H,2-3,8,10-12,14-15H2,1H3;2*(H,3,4)(H,5,6)/b7-4+;;/t20-,22-,26+,27+,28-;;/m1../s1. The summed E-state index contributed by atoms with van der Waals surface area (Å²) < 4.78 is 11.7. The number of hydrogen-bond acceptors (Lipinski definition) is 10. The molecule has 1 aromatic heterocycles. The lowest BCUT2D eigenvalue weighted by atomic mass is 9.48. The number of ether oxygens (including phenoxy) is 1. The molecule has 1 spiro atoms. The minimum atomic E-state index is -1.82. The fourth-order valence-corrected chi connectivity index (χ4v) is 7.67. The molecule has 3 heterocycles. The van der Waals surface area contributed by atoms with E-state index in [9.17, 15) is 15.0 Å². The zero-order chi connectivity index (χ0) is 34.3. The number of carboxylic acids is 4. The van der Waals surface area contributed by atoms with E-state index in [2.05, 4.69) is 4.90 Å². The number of aromatic hydroxyl groups is 1. The summed E-state index contributed by atoms with van der Waals surface area (Å²) in [5, 5.41) is 52.9. The van der Waals surface area contributed by atoms with E-state index in [4.69, 9.17) is 48.8 Å². The second kappa shape index (κ2) is 12.7. The SMILES string of the molecule is CN(C(=O)/C=C/c1ccoc1)[C@@H]1CC[C@@]2(O)[C@H]3Cc4ccc(O)c5c4[C@@]2(CCN3CC2CC2)[C@H]1O5.O=C(O)C(=O)O.O=C(O)C(=O)O. The van der Waals surface area contributed by atoms with Crippen molar-refractivity contribution < 1.29 is 63.8 Å². The lowest BCUT2D eigenvalue weighted by Crippen LogP contribution is -2.78. The first-order chi connectivity index (χ1) is 22.2. The maximum absolute atomic E-state index is 13.2. The Labute approximate surface area is 268 Å². The molecule has 0 unspecified atom stereocenters. The number of likely N-dealkylation sites (tertiary alicyclic amines) is 1. The van der Waals surface area contributed by atoms with Gasteiger partial charge in [-0.2, -0.15) is 0 Å². The molecule has 252 valence electrons. The average Bonchev–Trinajstić information content (AvgIpc) is 3.53. The first-order valence-electron chi connectivity index (χ1n) is 15.1. The van der Waals surface area contributed by atoms with Crippen LogP contribution >= 0.6 is 0 Å². The number of likely N-dealkylation sites (N-methyl/N-ethyl adjacent to an activating group) is 1. The third kappa shape index (κ3) is 6.03. The Balaban J connectivity index is 0.000000311. The van der Waals surface area contributed by atoms with Crippen LogP contribution in [0, 0.1) is 5.92 Å². The van der Waals surface area contributed by atoms with Crippen LogP contribution in [-0.4, -0.2) is 114 Å². The number of aliphatic carboxylic acids is 4. The van der Waals surface area contributed by atoms with E-state index in [0.29, 0.717) is 18.6 Å². The van der Waals surface area contributed by atoms with Crippen LogP contribution < -0.4 is 4.74 Å². The zero-order valence-corrected chi connectivity index (χ0v) is 25.4. The Morgan fingerprint density at radius 3 is 2.21 bits per heavy atom. The van der Waals surface area contributed by atoms with Gasteiger partial charge in [-0.1, -0.05) is 6.07 Å². The van der Waals surface area contributed by atoms with Crippen LogP contribution in [0.4, 0.5) is 0 Å². The summed E-state index contributed by atoms with van der Waals surface area (Å²) in [6.07, 6.45) is 11.5. The normalized spacial score (nSPS) is 28.0. The summed E-state index contributed by atoms with van der Waals surface area (Å²) in [4.78, 5) is 53.9. The molecule has 3 fully saturated rings. The molecule has 1 amide bonds. The van der Waals surface area contributed by atoms with Gasteiger partial charge in [-0.25, -0.2) is 19.2 Å². The Morgan fingerprint density at radius 2 is 1.64 bits per heavy atom. The molecule has 1 saturated heterocycles. The Hall–Kier alpha value is -4.89. The molecule has 0 radical (unpaired) electrons. The summed E-state index contributed by atoms with van der Waals surface area (Å²) >= 11 is 0. The largest absolute Gasteiger partial charge is 0.504 e. The average molecular weight is 657 g/mol. The number of hydrogen-bond donors (Lipinski definition) is 6. The maximum Gasteiger partial charge on any atom is 0.414 e. The minimum Gasteiger partial charge on any atom is -0.504 e. The molecule has 15 heteroatoms. The molecule has 3 aliphatic carbocycles. The van der Waals surface area contributed by atoms with Crippen molar-refractivity contribution in [1.82, 2.24) is 9.80 Å². The Morgan fingerprint density at radius 1 is 0.979 bits per heavy atom. The molecule has 47 heavy (non-hydrogen) atoms. The van der Waals surface area contributed by atoms with Crippen LogP contribution in [0.2, 0.25) is 0 Å². The number of phenols is 1. The lowest BCUT2D eigenvalue weighted by Gasteiger charge is -2.64. The van der Waals surface area contributed by atoms with Gasteiger partial charge in [0.1, 0.15) is 6.10 Å². The number of benzene rings is 1. The van der Waals surface area contributed by atoms with Gasteiger partial charge in [-0.15, -0.1) is 0 Å². The molecule has 2 bridgehead atoms. The molecule has 5 aliphatic rings. The van der Waals surface area contributed by atoms with Gasteiger partial charge in [0.05, 0.1) is 29.6 Å². The fourth-order valence-electron chi connectivity index (χ4n) is 7.67. The monoisotopic (exact) mass is 656 g/mol. The number of rotatable bonds is 5. The first kappa shape index (κ1) is 33.5. The van der Waals surface area contributed by atoms with E-state index in [1.165, 1.54) is 18.4 Å². The molecule has 15 nitrogen and oxygen atoms in total. The predicted octanol–water partition coefficient (Wildman–Crippen LogP) is 1.40. The molecular weight excluding hydrogens is 620 g/mol. The van der Waals surface area contributed by atoms with Crippen molar-refractivity contribution in [1.29, 1.82) is 0 Å². The van der Waals surface area contributed by atoms with E-state index >= 15 is 0 Å². The summed E-state index contributed by atoms with van der Waals surface area (Å²) in [7, 11) is 1.82. The van der Waals surface area contributed by atoms with Crippen molar-refractivity contribution in [3.8, 4) is 11.5 Å². The Kier molecular flexibility index (Phi) is 9.06. The number of piperidine rings is 1. The van der Waals surface area contributed by atoms with Gasteiger partial charge in [0, 0.05) is 36.8 Å². The van der Waals surface area contributed by atoms with E-state index in [1.54, 1.807) is 35.6 Å². The lowest BCUT2D eigenvalue weighted by molar-refractivity contribution is -0.200. The molecule has 2 saturated carbocycles. The van der Waals surface area contributed by atoms with Crippen molar-refractivity contribution in [2.45, 2.75) is 67.7 Å². The highest BCUT2D eigenvalue weighted by Gasteiger charge is 2.73. The van der Waals surface area contributed by atoms with Crippen molar-refractivity contribution in [3.05, 3.63) is 53.5 Å². The third-order valence-corrected chi connectivity index (χ3v) is 9.90. The number of furan rings is 1. The van der Waals surface area contributed by atoms with Gasteiger partial charge in [0.2, 0.25) is 5.91 Å². The van der Waals surface area contributed by atoms with Crippen molar-refractivity contribution in [2.75, 3.05) is 20.1 Å². The predicted molar refractivity (Wildman–Crippen MR) is 160 cm³/mol. The van der Waals surface area contributed by atoms with Crippen molar-refractivity contribution in [3.63, 3.8) is 0 Å². The van der Waals surface area contributed by atoms with Gasteiger partial charge in [-0.3, -0.25) is 9.69 Å². The van der Waals surface area contributed by atoms with Crippen LogP contribution in [0.15, 0.2) is 41.2 Å². The highest BCUT2D eigenvalue weighted by molar-refractivity contribution is 6.27. The van der Waals surface area contributed by atoms with E-state index in [1.807, 2.05) is 19.2 Å². The third-order valence-electron chi connectivity index (χ3n) is 9.90. The van der Waals surface area contributed by atoms with Crippen LogP contribution in [0.25, 0.3) is 6.08 Å². The summed E-state index contributed by atoms with van der Waals surface area (Å²) in [5.74, 6) is -6.01. The quantitative estimate of drug-likeness (QED) is 0.197. The molecule has 6 N–H and O–H groups in total. The van der Waals surface area contributed by atoms with Crippen molar-refractivity contribution in [2.24, 2.45) is 5.92 Å². The minimum absolute atomic E-state index is 0.0360. The molecule has 2 aliphatic heterocycles. The molecular formula is C32H36N2O13. The van der Waals surface area contributed by atoms with Gasteiger partial charge in [-0.05, 0) is 74.8 Å². The molecule has 5 atom stereocenters. The van der Waals surface area contributed by atoms with E-state index in [0.717, 1.165) is 43.0 Å². The maximum atomic E-state index is 13.2. The summed E-state index contributed by atoms with van der Waals surface area (Å²) in [6.45, 7) is 1.96. The number of nitrogens with zero attached hydrogens (tertiary/aromatic N) is 2. The van der Waals surface area contributed by atoms with E-state index < -0.39 is 41.0 Å². The Bertz CT molecular complexity index is 1550. The number of carbonyl (C=O) groups excluding carboxylic acids is 1. The topological polar surface area (TPSA) is 236 Å². The van der Waals surface area contributed by atoms with Crippen LogP contribution in [0.1, 0.15) is 48.8 Å². The van der Waals surface area contributed by atoms with Gasteiger partial charge >= 0.3 is 23.9 Å². The van der Waals surface area contributed by atoms with E-state index in [-0.39, 0.29) is 23.7 Å². The molecule has 2 aromatic rings. The number of amides is 1. The first-order valence-corrected chi connectivity index (χ1v) is 15.1. The second-order valence-corrected chi connectivity index (χ2v) is 12.5. The smallest absolute Gasteiger partial charge is 0.414 e. The van der Waals surface area contributed by atoms with Crippen molar-refractivity contribution >= 4 is 35.9 Å². The van der Waals surface area contributed by atoms with Crippen LogP contribution in [0.5, 0.6) is 11.5 Å². The fraction of sp³-hybridized carbons (Fsp3) is 0.469.